The van der Waals surface area contributed by atoms with Gasteiger partial charge in [-0.3, -0.25) is 0 Å². The van der Waals surface area contributed by atoms with Crippen molar-refractivity contribution in [3.63, 3.8) is 0 Å². The van der Waals surface area contributed by atoms with E-state index in [-0.39, 0.29) is 11.8 Å². The minimum absolute atomic E-state index is 0.114. The van der Waals surface area contributed by atoms with Gasteiger partial charge in [0.05, 0.1) is 12.7 Å². The summed E-state index contributed by atoms with van der Waals surface area (Å²) >= 11 is 0. The molecular formula is C13H28O5Si. The van der Waals surface area contributed by atoms with E-state index in [2.05, 4.69) is 6.92 Å². The molecule has 0 spiro atoms. The average molecular weight is 292 g/mol. The first-order valence-corrected chi connectivity index (χ1v) is 9.17. The van der Waals surface area contributed by atoms with Gasteiger partial charge in [0.2, 0.25) is 0 Å². The standard InChI is InChI=1S/C13H28O5Si/c1-5-13(15-11-12-9-10-14-12)19(16-6-2,17-7-3)18-8-4/h12-13H,5-11H2,1-4H3. The van der Waals surface area contributed by atoms with Gasteiger partial charge in [0.1, 0.15) is 5.73 Å². The molecule has 0 aromatic rings. The Morgan fingerprint density at radius 1 is 1.05 bits per heavy atom. The van der Waals surface area contributed by atoms with Gasteiger partial charge in [0, 0.05) is 26.4 Å². The lowest BCUT2D eigenvalue weighted by molar-refractivity contribution is -0.111. The maximum Gasteiger partial charge on any atom is 0.531 e. The largest absolute Gasteiger partial charge is 0.531 e. The van der Waals surface area contributed by atoms with Gasteiger partial charge in [0.15, 0.2) is 0 Å². The summed E-state index contributed by atoms with van der Waals surface area (Å²) in [5.74, 6) is 0. The number of hydrogen-bond acceptors (Lipinski definition) is 5. The third kappa shape index (κ3) is 4.80. The number of ether oxygens (including phenoxy) is 2. The molecule has 0 aliphatic carbocycles. The molecule has 0 N–H and O–H groups in total. The Hall–Kier alpha value is 0.0169. The van der Waals surface area contributed by atoms with Crippen LogP contribution in [0.15, 0.2) is 0 Å². The van der Waals surface area contributed by atoms with Crippen LogP contribution in [0.2, 0.25) is 0 Å². The van der Waals surface area contributed by atoms with Gasteiger partial charge in [-0.1, -0.05) is 6.92 Å². The van der Waals surface area contributed by atoms with Crippen LogP contribution in [-0.4, -0.2) is 53.7 Å². The fraction of sp³-hybridized carbons (Fsp3) is 1.00. The first-order valence-electron chi connectivity index (χ1n) is 7.37. The molecule has 0 bridgehead atoms. The van der Waals surface area contributed by atoms with Crippen LogP contribution in [0.3, 0.4) is 0 Å². The van der Waals surface area contributed by atoms with Crippen molar-refractivity contribution in [1.29, 1.82) is 0 Å². The predicted octanol–water partition coefficient (Wildman–Crippen LogP) is 2.16. The highest BCUT2D eigenvalue weighted by Gasteiger charge is 2.49. The molecule has 0 saturated carbocycles. The summed E-state index contributed by atoms with van der Waals surface area (Å²) in [6.45, 7) is 11.1. The zero-order valence-corrected chi connectivity index (χ0v) is 13.6. The maximum atomic E-state index is 5.98. The molecule has 2 unspecified atom stereocenters. The minimum Gasteiger partial charge on any atom is -0.376 e. The Morgan fingerprint density at radius 3 is 1.89 bits per heavy atom. The second-order valence-electron chi connectivity index (χ2n) is 4.41. The second kappa shape index (κ2) is 9.04. The molecular weight excluding hydrogens is 264 g/mol. The molecule has 0 amide bonds. The third-order valence-corrected chi connectivity index (χ3v) is 6.52. The molecule has 1 aliphatic heterocycles. The molecule has 0 aromatic heterocycles. The average Bonchev–Trinajstić information content (AvgIpc) is 2.33. The van der Waals surface area contributed by atoms with Crippen molar-refractivity contribution in [2.24, 2.45) is 0 Å². The lowest BCUT2D eigenvalue weighted by Gasteiger charge is -2.36. The monoisotopic (exact) mass is 292 g/mol. The molecule has 5 nitrogen and oxygen atoms in total. The van der Waals surface area contributed by atoms with Gasteiger partial charge in [-0.05, 0) is 33.6 Å². The molecule has 19 heavy (non-hydrogen) atoms. The van der Waals surface area contributed by atoms with Crippen molar-refractivity contribution >= 4 is 8.80 Å². The number of hydrogen-bond donors (Lipinski definition) is 0. The topological polar surface area (TPSA) is 46.2 Å². The van der Waals surface area contributed by atoms with E-state index in [1.54, 1.807) is 0 Å². The first kappa shape index (κ1) is 17.1. The van der Waals surface area contributed by atoms with E-state index in [0.29, 0.717) is 26.4 Å². The highest BCUT2D eigenvalue weighted by molar-refractivity contribution is 6.62. The van der Waals surface area contributed by atoms with Gasteiger partial charge >= 0.3 is 8.80 Å². The van der Waals surface area contributed by atoms with Crippen LogP contribution >= 0.6 is 0 Å². The summed E-state index contributed by atoms with van der Waals surface area (Å²) in [5.41, 5.74) is -0.114. The van der Waals surface area contributed by atoms with Crippen LogP contribution in [-0.2, 0) is 22.8 Å². The molecule has 0 radical (unpaired) electrons. The molecule has 1 heterocycles. The molecule has 1 saturated heterocycles. The maximum absolute atomic E-state index is 5.98. The lowest BCUT2D eigenvalue weighted by atomic mass is 10.2. The van der Waals surface area contributed by atoms with Crippen molar-refractivity contribution in [3.8, 4) is 0 Å². The lowest BCUT2D eigenvalue weighted by Crippen LogP contribution is -2.58. The van der Waals surface area contributed by atoms with Gasteiger partial charge in [-0.25, -0.2) is 0 Å². The zero-order valence-electron chi connectivity index (χ0n) is 12.6. The van der Waals surface area contributed by atoms with Gasteiger partial charge in [-0.2, -0.15) is 0 Å². The second-order valence-corrected chi connectivity index (χ2v) is 7.13. The summed E-state index contributed by atoms with van der Waals surface area (Å²) in [6, 6.07) is 0. The fourth-order valence-corrected chi connectivity index (χ4v) is 4.93. The van der Waals surface area contributed by atoms with Crippen LogP contribution in [0.1, 0.15) is 40.5 Å². The number of rotatable bonds is 11. The third-order valence-electron chi connectivity index (χ3n) is 3.08. The van der Waals surface area contributed by atoms with Crippen LogP contribution < -0.4 is 0 Å². The summed E-state index contributed by atoms with van der Waals surface area (Å²) in [7, 11) is -2.76. The molecule has 0 aromatic carbocycles. The SMILES string of the molecule is CCO[Si](OCC)(OCC)C(CC)OCC1CCO1. The summed E-state index contributed by atoms with van der Waals surface area (Å²) in [4.78, 5) is 0. The quantitative estimate of drug-likeness (QED) is 0.546. The van der Waals surface area contributed by atoms with Crippen molar-refractivity contribution < 1.29 is 22.8 Å². The van der Waals surface area contributed by atoms with Crippen molar-refractivity contribution in [3.05, 3.63) is 0 Å². The van der Waals surface area contributed by atoms with E-state index < -0.39 is 8.80 Å². The van der Waals surface area contributed by atoms with Crippen LogP contribution in [0.4, 0.5) is 0 Å². The van der Waals surface area contributed by atoms with E-state index in [4.69, 9.17) is 22.8 Å². The van der Waals surface area contributed by atoms with Gasteiger partial charge in [-0.15, -0.1) is 0 Å². The van der Waals surface area contributed by atoms with Crippen molar-refractivity contribution in [2.45, 2.75) is 52.4 Å². The van der Waals surface area contributed by atoms with Crippen LogP contribution in [0, 0.1) is 0 Å². The Kier molecular flexibility index (Phi) is 8.13. The Bertz CT molecular complexity index is 218. The van der Waals surface area contributed by atoms with E-state index in [1.807, 2.05) is 20.8 Å². The Labute approximate surface area is 117 Å². The van der Waals surface area contributed by atoms with E-state index >= 15 is 0 Å². The van der Waals surface area contributed by atoms with E-state index in [0.717, 1.165) is 19.4 Å². The molecule has 1 fully saturated rings. The highest BCUT2D eigenvalue weighted by Crippen LogP contribution is 2.22. The molecule has 6 heteroatoms. The normalized spacial score (nSPS) is 21.2. The smallest absolute Gasteiger partial charge is 0.376 e. The van der Waals surface area contributed by atoms with E-state index in [1.165, 1.54) is 0 Å². The zero-order chi connectivity index (χ0) is 14.1. The van der Waals surface area contributed by atoms with Crippen molar-refractivity contribution in [1.82, 2.24) is 0 Å². The Morgan fingerprint density at radius 2 is 1.58 bits per heavy atom. The summed E-state index contributed by atoms with van der Waals surface area (Å²) < 4.78 is 29.0. The fourth-order valence-electron chi connectivity index (χ4n) is 2.12. The highest BCUT2D eigenvalue weighted by atomic mass is 28.4. The molecule has 114 valence electrons. The van der Waals surface area contributed by atoms with Crippen LogP contribution in [0.25, 0.3) is 0 Å². The minimum atomic E-state index is -2.76. The summed E-state index contributed by atoms with van der Waals surface area (Å²) in [6.07, 6.45) is 2.12. The summed E-state index contributed by atoms with van der Waals surface area (Å²) in [5, 5.41) is 0. The van der Waals surface area contributed by atoms with Gasteiger partial charge in [0.25, 0.3) is 0 Å². The van der Waals surface area contributed by atoms with E-state index in [9.17, 15) is 0 Å². The Balaban J connectivity index is 2.64. The van der Waals surface area contributed by atoms with Crippen molar-refractivity contribution in [2.75, 3.05) is 33.0 Å². The van der Waals surface area contributed by atoms with Gasteiger partial charge < -0.3 is 22.8 Å². The van der Waals surface area contributed by atoms with Crippen LogP contribution in [0.5, 0.6) is 0 Å². The molecule has 1 aliphatic rings. The molecule has 1 rings (SSSR count). The first-order chi connectivity index (χ1) is 9.22. The molecule has 2 atom stereocenters. The predicted molar refractivity (Wildman–Crippen MR) is 75.0 cm³/mol.